The van der Waals surface area contributed by atoms with Crippen LogP contribution >= 0.6 is 0 Å². The van der Waals surface area contributed by atoms with Gasteiger partial charge in [0.1, 0.15) is 5.69 Å². The molecule has 1 aliphatic rings. The molecule has 7 nitrogen and oxygen atoms in total. The summed E-state index contributed by atoms with van der Waals surface area (Å²) in [6.07, 6.45) is 2.39. The van der Waals surface area contributed by atoms with Crippen LogP contribution in [-0.2, 0) is 17.7 Å². The maximum atomic E-state index is 11.6. The molecule has 0 bridgehead atoms. The summed E-state index contributed by atoms with van der Waals surface area (Å²) in [4.78, 5) is 22.0. The van der Waals surface area contributed by atoms with E-state index in [2.05, 4.69) is 5.10 Å². The molecule has 0 radical (unpaired) electrons. The topological polar surface area (TPSA) is 87.3 Å². The van der Waals surface area contributed by atoms with Crippen LogP contribution in [0.3, 0.4) is 0 Å². The van der Waals surface area contributed by atoms with Gasteiger partial charge in [-0.2, -0.15) is 5.10 Å². The van der Waals surface area contributed by atoms with Gasteiger partial charge >= 0.3 is 11.7 Å². The first-order chi connectivity index (χ1) is 8.15. The Labute approximate surface area is 97.5 Å². The number of ether oxygens (including phenoxy) is 1. The lowest BCUT2D eigenvalue weighted by Crippen LogP contribution is -2.12. The summed E-state index contributed by atoms with van der Waals surface area (Å²) < 4.78 is 6.33. The number of esters is 1. The SMILES string of the molecule is CCOC(=O)c1nn2c(c1[N+](=O)[O-])CCCC2. The summed E-state index contributed by atoms with van der Waals surface area (Å²) in [6, 6.07) is 0. The standard InChI is InChI=1S/C10H13N3O4/c1-2-17-10(14)8-9(13(15)16)7-5-3-4-6-12(7)11-8/h2-6H2,1H3. The van der Waals surface area contributed by atoms with Gasteiger partial charge in [-0.15, -0.1) is 0 Å². The van der Waals surface area contributed by atoms with Crippen molar-refractivity contribution in [1.29, 1.82) is 0 Å². The van der Waals surface area contributed by atoms with E-state index in [4.69, 9.17) is 4.74 Å². The Morgan fingerprint density at radius 1 is 1.59 bits per heavy atom. The molecule has 0 unspecified atom stereocenters. The fourth-order valence-electron chi connectivity index (χ4n) is 2.00. The molecule has 0 aromatic carbocycles. The Morgan fingerprint density at radius 2 is 2.35 bits per heavy atom. The second-order valence-corrected chi connectivity index (χ2v) is 3.80. The molecule has 0 N–H and O–H groups in total. The lowest BCUT2D eigenvalue weighted by atomic mass is 10.1. The first-order valence-corrected chi connectivity index (χ1v) is 5.56. The summed E-state index contributed by atoms with van der Waals surface area (Å²) >= 11 is 0. The minimum Gasteiger partial charge on any atom is -0.461 e. The molecule has 1 aromatic rings. The highest BCUT2D eigenvalue weighted by atomic mass is 16.6. The second kappa shape index (κ2) is 4.52. The zero-order valence-corrected chi connectivity index (χ0v) is 9.51. The number of aryl methyl sites for hydroxylation is 1. The molecule has 0 spiro atoms. The summed E-state index contributed by atoms with van der Waals surface area (Å²) in [5.74, 6) is -0.721. The number of nitrogens with zero attached hydrogens (tertiary/aromatic N) is 3. The molecule has 1 aliphatic heterocycles. The van der Waals surface area contributed by atoms with E-state index in [1.807, 2.05) is 0 Å². The van der Waals surface area contributed by atoms with Crippen LogP contribution in [-0.4, -0.2) is 27.3 Å². The van der Waals surface area contributed by atoms with Gasteiger partial charge in [0.15, 0.2) is 0 Å². The van der Waals surface area contributed by atoms with Gasteiger partial charge in [0.25, 0.3) is 0 Å². The van der Waals surface area contributed by atoms with Gasteiger partial charge in [-0.25, -0.2) is 4.79 Å². The molecule has 7 heteroatoms. The van der Waals surface area contributed by atoms with Gasteiger partial charge in [0.2, 0.25) is 5.69 Å². The van der Waals surface area contributed by atoms with Crippen molar-refractivity contribution in [2.45, 2.75) is 32.7 Å². The van der Waals surface area contributed by atoms with Crippen LogP contribution in [0.15, 0.2) is 0 Å². The predicted molar refractivity (Wildman–Crippen MR) is 57.8 cm³/mol. The highest BCUT2D eigenvalue weighted by Gasteiger charge is 2.33. The summed E-state index contributed by atoms with van der Waals surface area (Å²) in [5, 5.41) is 15.0. The first kappa shape index (κ1) is 11.6. The van der Waals surface area contributed by atoms with E-state index in [9.17, 15) is 14.9 Å². The fraction of sp³-hybridized carbons (Fsp3) is 0.600. The third-order valence-electron chi connectivity index (χ3n) is 2.71. The van der Waals surface area contributed by atoms with Gasteiger partial charge < -0.3 is 4.74 Å². The summed E-state index contributed by atoms with van der Waals surface area (Å²) in [7, 11) is 0. The molecule has 92 valence electrons. The van der Waals surface area contributed by atoms with Crippen LogP contribution in [0.1, 0.15) is 35.9 Å². The second-order valence-electron chi connectivity index (χ2n) is 3.80. The van der Waals surface area contributed by atoms with Gasteiger partial charge in [0, 0.05) is 6.54 Å². The number of rotatable bonds is 3. The maximum Gasteiger partial charge on any atom is 0.366 e. The number of hydrogen-bond donors (Lipinski definition) is 0. The lowest BCUT2D eigenvalue weighted by Gasteiger charge is -2.11. The molecule has 0 amide bonds. The number of carbonyl (C=O) groups is 1. The summed E-state index contributed by atoms with van der Waals surface area (Å²) in [5.41, 5.74) is 0.168. The van der Waals surface area contributed by atoms with E-state index in [1.165, 1.54) is 0 Å². The van der Waals surface area contributed by atoms with E-state index in [0.717, 1.165) is 12.8 Å². The monoisotopic (exact) mass is 239 g/mol. The highest BCUT2D eigenvalue weighted by molar-refractivity contribution is 5.92. The zero-order chi connectivity index (χ0) is 12.4. The molecule has 1 aromatic heterocycles. The number of aromatic nitrogens is 2. The van der Waals surface area contributed by atoms with Crippen LogP contribution in [0.4, 0.5) is 5.69 Å². The Kier molecular flexibility index (Phi) is 3.08. The average molecular weight is 239 g/mol. The normalized spacial score (nSPS) is 14.2. The van der Waals surface area contributed by atoms with Crippen molar-refractivity contribution in [2.75, 3.05) is 6.61 Å². The fourth-order valence-corrected chi connectivity index (χ4v) is 2.00. The molecule has 2 heterocycles. The highest BCUT2D eigenvalue weighted by Crippen LogP contribution is 2.28. The molecule has 0 aliphatic carbocycles. The van der Waals surface area contributed by atoms with E-state index < -0.39 is 10.9 Å². The maximum absolute atomic E-state index is 11.6. The third-order valence-corrected chi connectivity index (χ3v) is 2.71. The van der Waals surface area contributed by atoms with Crippen molar-refractivity contribution in [1.82, 2.24) is 9.78 Å². The van der Waals surface area contributed by atoms with Gasteiger partial charge in [0.05, 0.1) is 11.5 Å². The van der Waals surface area contributed by atoms with Crippen LogP contribution in [0.5, 0.6) is 0 Å². The summed E-state index contributed by atoms with van der Waals surface area (Å²) in [6.45, 7) is 2.45. The molecular formula is C10H13N3O4. The Hall–Kier alpha value is -1.92. The molecule has 17 heavy (non-hydrogen) atoms. The van der Waals surface area contributed by atoms with Crippen LogP contribution in [0.25, 0.3) is 0 Å². The quantitative estimate of drug-likeness (QED) is 0.450. The Balaban J connectivity index is 2.47. The minimum absolute atomic E-state index is 0.172. The Morgan fingerprint density at radius 3 is 3.00 bits per heavy atom. The van der Waals surface area contributed by atoms with Crippen molar-refractivity contribution in [3.8, 4) is 0 Å². The molecule has 0 saturated carbocycles. The first-order valence-electron chi connectivity index (χ1n) is 5.56. The molecule has 2 rings (SSSR count). The van der Waals surface area contributed by atoms with Crippen LogP contribution in [0, 0.1) is 10.1 Å². The van der Waals surface area contributed by atoms with Gasteiger partial charge in [-0.05, 0) is 26.2 Å². The van der Waals surface area contributed by atoms with Crippen molar-refractivity contribution in [3.05, 3.63) is 21.5 Å². The van der Waals surface area contributed by atoms with E-state index in [1.54, 1.807) is 11.6 Å². The number of nitro groups is 1. The number of hydrogen-bond acceptors (Lipinski definition) is 5. The lowest BCUT2D eigenvalue weighted by molar-refractivity contribution is -0.386. The number of fused-ring (bicyclic) bond motifs is 1. The molecule has 0 fully saturated rings. The smallest absolute Gasteiger partial charge is 0.366 e. The van der Waals surface area contributed by atoms with Gasteiger partial charge in [-0.3, -0.25) is 14.8 Å². The largest absolute Gasteiger partial charge is 0.461 e. The molecular weight excluding hydrogens is 226 g/mol. The number of carbonyl (C=O) groups excluding carboxylic acids is 1. The van der Waals surface area contributed by atoms with Crippen molar-refractivity contribution >= 4 is 11.7 Å². The average Bonchev–Trinajstić information content (AvgIpc) is 2.68. The van der Waals surface area contributed by atoms with Crippen molar-refractivity contribution in [2.24, 2.45) is 0 Å². The van der Waals surface area contributed by atoms with Crippen molar-refractivity contribution < 1.29 is 14.5 Å². The minimum atomic E-state index is -0.721. The van der Waals surface area contributed by atoms with E-state index in [-0.39, 0.29) is 18.0 Å². The predicted octanol–water partition coefficient (Wildman–Crippen LogP) is 1.30. The van der Waals surface area contributed by atoms with Crippen molar-refractivity contribution in [3.63, 3.8) is 0 Å². The van der Waals surface area contributed by atoms with Gasteiger partial charge in [-0.1, -0.05) is 0 Å². The third kappa shape index (κ3) is 2.00. The van der Waals surface area contributed by atoms with E-state index in [0.29, 0.717) is 18.7 Å². The van der Waals surface area contributed by atoms with Crippen LogP contribution in [0.2, 0.25) is 0 Å². The van der Waals surface area contributed by atoms with Crippen LogP contribution < -0.4 is 0 Å². The van der Waals surface area contributed by atoms with E-state index >= 15 is 0 Å². The molecule has 0 atom stereocenters. The molecule has 0 saturated heterocycles. The zero-order valence-electron chi connectivity index (χ0n) is 9.51. The Bertz CT molecular complexity index is 466.